The number of benzene rings is 2. The molecule has 2 heterocycles. The monoisotopic (exact) mass is 821 g/mol. The number of nitrogens with zero attached hydrogens (tertiary/aromatic N) is 2. The van der Waals surface area contributed by atoms with Gasteiger partial charge >= 0.3 is 18.2 Å². The van der Waals surface area contributed by atoms with Crippen molar-refractivity contribution in [3.63, 3.8) is 0 Å². The Morgan fingerprint density at radius 2 is 1.41 bits per heavy atom. The van der Waals surface area contributed by atoms with E-state index in [0.717, 1.165) is 49.7 Å². The summed E-state index contributed by atoms with van der Waals surface area (Å²) in [6.45, 7) is 7.46. The molecular formula is C44H63N5O10. The maximum absolute atomic E-state index is 13.7. The van der Waals surface area contributed by atoms with E-state index in [9.17, 15) is 33.9 Å². The zero-order valence-corrected chi connectivity index (χ0v) is 35.0. The van der Waals surface area contributed by atoms with E-state index < -0.39 is 54.4 Å². The molecule has 59 heavy (non-hydrogen) atoms. The zero-order valence-electron chi connectivity index (χ0n) is 35.0. The molecule has 15 heteroatoms. The van der Waals surface area contributed by atoms with E-state index in [1.807, 2.05) is 75.4 Å². The molecule has 0 radical (unpaired) electrons. The lowest BCUT2D eigenvalue weighted by Gasteiger charge is -2.34. The van der Waals surface area contributed by atoms with E-state index in [1.165, 1.54) is 4.90 Å². The van der Waals surface area contributed by atoms with Crippen molar-refractivity contribution in [2.24, 2.45) is 17.8 Å². The van der Waals surface area contributed by atoms with Crippen molar-refractivity contribution in [2.75, 3.05) is 46.4 Å². The van der Waals surface area contributed by atoms with Crippen molar-refractivity contribution in [1.29, 1.82) is 0 Å². The van der Waals surface area contributed by atoms with Gasteiger partial charge in [0, 0.05) is 38.6 Å². The molecule has 0 saturated carbocycles. The normalized spacial score (nSPS) is 16.0. The third-order valence-electron chi connectivity index (χ3n) is 10.9. The minimum Gasteiger partial charge on any atom is -0.497 e. The van der Waals surface area contributed by atoms with Crippen molar-refractivity contribution >= 4 is 35.9 Å². The quantitative estimate of drug-likeness (QED) is 0.135. The maximum atomic E-state index is 13.7. The zero-order chi connectivity index (χ0) is 42.8. The molecule has 2 aliphatic heterocycles. The van der Waals surface area contributed by atoms with Crippen LogP contribution in [0.15, 0.2) is 54.6 Å². The molecule has 2 fully saturated rings. The number of carboxylic acid groups (broad SMARTS) is 1. The molecule has 2 atom stereocenters. The first-order valence-electron chi connectivity index (χ1n) is 20.8. The summed E-state index contributed by atoms with van der Waals surface area (Å²) in [6.07, 6.45) is 4.55. The van der Waals surface area contributed by atoms with Gasteiger partial charge in [-0.1, -0.05) is 42.5 Å². The summed E-state index contributed by atoms with van der Waals surface area (Å²) in [5, 5.41) is 17.6. The number of likely N-dealkylation sites (tertiary alicyclic amines) is 2. The number of amides is 5. The lowest BCUT2D eigenvalue weighted by molar-refractivity contribution is -0.147. The van der Waals surface area contributed by atoms with Crippen molar-refractivity contribution in [1.82, 2.24) is 25.8 Å². The lowest BCUT2D eigenvalue weighted by Crippen LogP contribution is -2.51. The van der Waals surface area contributed by atoms with Crippen LogP contribution in [0.4, 0.5) is 9.59 Å². The number of nitrogens with one attached hydrogen (secondary N) is 3. The Kier molecular flexibility index (Phi) is 18.3. The summed E-state index contributed by atoms with van der Waals surface area (Å²) in [5.41, 5.74) is 1.13. The van der Waals surface area contributed by atoms with E-state index in [0.29, 0.717) is 57.1 Å². The minimum absolute atomic E-state index is 0.0107. The third-order valence-corrected chi connectivity index (χ3v) is 10.9. The fourth-order valence-corrected chi connectivity index (χ4v) is 7.44. The summed E-state index contributed by atoms with van der Waals surface area (Å²) in [4.78, 5) is 80.5. The highest BCUT2D eigenvalue weighted by atomic mass is 16.6. The van der Waals surface area contributed by atoms with Gasteiger partial charge in [0.05, 0.1) is 20.1 Å². The fraction of sp³-hybridized carbons (Fsp3) is 0.591. The molecule has 2 aliphatic rings. The van der Waals surface area contributed by atoms with E-state index in [4.69, 9.17) is 14.2 Å². The van der Waals surface area contributed by atoms with Crippen molar-refractivity contribution in [2.45, 2.75) is 103 Å². The first-order chi connectivity index (χ1) is 28.2. The molecule has 0 bridgehead atoms. The first kappa shape index (κ1) is 46.4. The molecule has 15 nitrogen and oxygen atoms in total. The summed E-state index contributed by atoms with van der Waals surface area (Å²) < 4.78 is 16.2. The van der Waals surface area contributed by atoms with Crippen LogP contribution in [-0.2, 0) is 41.7 Å². The van der Waals surface area contributed by atoms with Crippen LogP contribution < -0.4 is 20.7 Å². The van der Waals surface area contributed by atoms with Gasteiger partial charge in [0.15, 0.2) is 0 Å². The number of methoxy groups -OCH3 is 1. The number of hydrogen-bond donors (Lipinski definition) is 4. The van der Waals surface area contributed by atoms with Gasteiger partial charge in [0.25, 0.3) is 0 Å². The number of rotatable bonds is 19. The molecule has 324 valence electrons. The number of ether oxygens (including phenoxy) is 3. The highest BCUT2D eigenvalue weighted by Crippen LogP contribution is 2.29. The standard InChI is InChI=1S/C44H63N5O10/c1-44(2,3)59-43(56)49-25-20-32(21-26-49)14-16-35(15-13-31-18-23-48(24-19-31)42(54)55)40(52)46-29-38(50)47-37(28-39(51)58-30-34-9-6-5-7-10-34)41(53)45-22-17-33-11-8-12-36(27-33)57-4/h5-12,27,31-32,35,37H,13-26,28-30H2,1-4H3,(H,45,53)(H,46,52)(H,47,50)(H,54,55)/t35?,37-/m0/s1. The van der Waals surface area contributed by atoms with Crippen molar-refractivity contribution in [3.8, 4) is 5.75 Å². The SMILES string of the molecule is COc1cccc(CCNC(=O)[C@H](CC(=O)OCc2ccccc2)NC(=O)CNC(=O)C(CCC2CCN(C(=O)O)CC2)CCC2CCN(C(=O)OC(C)(C)C)CC2)c1. The van der Waals surface area contributed by atoms with Gasteiger partial charge in [-0.25, -0.2) is 9.59 Å². The van der Waals surface area contributed by atoms with Crippen LogP contribution in [0.1, 0.15) is 89.7 Å². The van der Waals surface area contributed by atoms with Crippen LogP contribution >= 0.6 is 0 Å². The predicted molar refractivity (Wildman–Crippen MR) is 220 cm³/mol. The van der Waals surface area contributed by atoms with Gasteiger partial charge in [-0.15, -0.1) is 0 Å². The number of carbonyl (C=O) groups excluding carboxylic acids is 5. The molecule has 0 aliphatic carbocycles. The van der Waals surface area contributed by atoms with E-state index in [2.05, 4.69) is 16.0 Å². The molecule has 2 saturated heterocycles. The second-order valence-corrected chi connectivity index (χ2v) is 16.6. The Morgan fingerprint density at radius 3 is 2.00 bits per heavy atom. The largest absolute Gasteiger partial charge is 0.497 e. The van der Waals surface area contributed by atoms with Gasteiger partial charge in [-0.05, 0) is 114 Å². The van der Waals surface area contributed by atoms with Crippen LogP contribution in [0.2, 0.25) is 0 Å². The van der Waals surface area contributed by atoms with E-state index in [1.54, 1.807) is 12.0 Å². The van der Waals surface area contributed by atoms with Crippen LogP contribution in [-0.4, -0.2) is 109 Å². The molecule has 4 rings (SSSR count). The Morgan fingerprint density at radius 1 is 0.797 bits per heavy atom. The second kappa shape index (κ2) is 23.3. The number of esters is 1. The van der Waals surface area contributed by atoms with Crippen LogP contribution in [0.5, 0.6) is 5.75 Å². The summed E-state index contributed by atoms with van der Waals surface area (Å²) in [6, 6.07) is 15.3. The van der Waals surface area contributed by atoms with Gasteiger partial charge in [0.2, 0.25) is 17.7 Å². The fourth-order valence-electron chi connectivity index (χ4n) is 7.44. The molecule has 4 N–H and O–H groups in total. The average Bonchev–Trinajstić information content (AvgIpc) is 3.22. The Bertz CT molecular complexity index is 1680. The van der Waals surface area contributed by atoms with Gasteiger partial charge < -0.3 is 45.1 Å². The summed E-state index contributed by atoms with van der Waals surface area (Å²) in [7, 11) is 1.57. The molecule has 0 aromatic heterocycles. The average molecular weight is 822 g/mol. The summed E-state index contributed by atoms with van der Waals surface area (Å²) >= 11 is 0. The smallest absolute Gasteiger partial charge is 0.410 e. The number of piperidine rings is 2. The molecular weight excluding hydrogens is 759 g/mol. The van der Waals surface area contributed by atoms with Crippen LogP contribution in [0, 0.1) is 17.8 Å². The second-order valence-electron chi connectivity index (χ2n) is 16.6. The number of carbonyl (C=O) groups is 6. The third kappa shape index (κ3) is 16.8. The highest BCUT2D eigenvalue weighted by molar-refractivity contribution is 5.92. The summed E-state index contributed by atoms with van der Waals surface area (Å²) in [5.74, 6) is -1.25. The predicted octanol–water partition coefficient (Wildman–Crippen LogP) is 5.30. The van der Waals surface area contributed by atoms with Gasteiger partial charge in [-0.3, -0.25) is 19.2 Å². The highest BCUT2D eigenvalue weighted by Gasteiger charge is 2.30. The molecule has 5 amide bonds. The lowest BCUT2D eigenvalue weighted by atomic mass is 9.84. The van der Waals surface area contributed by atoms with Crippen LogP contribution in [0.25, 0.3) is 0 Å². The molecule has 2 aromatic carbocycles. The van der Waals surface area contributed by atoms with E-state index >= 15 is 0 Å². The Hall–Kier alpha value is -5.34. The molecule has 1 unspecified atom stereocenters. The topological polar surface area (TPSA) is 193 Å². The molecule has 0 spiro atoms. The van der Waals surface area contributed by atoms with Crippen molar-refractivity contribution < 1.29 is 48.1 Å². The first-order valence-corrected chi connectivity index (χ1v) is 20.8. The number of hydrogen-bond acceptors (Lipinski definition) is 9. The van der Waals surface area contributed by atoms with Crippen LogP contribution in [0.3, 0.4) is 0 Å². The van der Waals surface area contributed by atoms with Gasteiger partial charge in [-0.2, -0.15) is 0 Å². The van der Waals surface area contributed by atoms with Gasteiger partial charge in [0.1, 0.15) is 24.0 Å². The Labute approximate surface area is 347 Å². The minimum atomic E-state index is -1.24. The molecule has 2 aromatic rings. The van der Waals surface area contributed by atoms with E-state index in [-0.39, 0.29) is 31.1 Å². The maximum Gasteiger partial charge on any atom is 0.410 e. The van der Waals surface area contributed by atoms with Crippen molar-refractivity contribution in [3.05, 3.63) is 65.7 Å². The Balaban J connectivity index is 1.34.